The molecule has 6 nitrogen and oxygen atoms in total. The SMILES string of the molecule is Cc1cc(C(=O)COC(=O)C2CCN(C(=O)C(C)(C)C)CC2)c(C)n1-c1ccc2c(c1)CCC2. The first-order chi connectivity index (χ1) is 16.1. The number of ketones is 1. The number of esters is 1. The Kier molecular flexibility index (Phi) is 6.70. The number of fused-ring (bicyclic) bond motifs is 1. The highest BCUT2D eigenvalue weighted by Crippen LogP contribution is 2.28. The van der Waals surface area contributed by atoms with Crippen LogP contribution in [0.2, 0.25) is 0 Å². The van der Waals surface area contributed by atoms with Crippen molar-refractivity contribution in [1.29, 1.82) is 0 Å². The summed E-state index contributed by atoms with van der Waals surface area (Å²) in [5.41, 5.74) is 5.91. The Balaban J connectivity index is 1.36. The number of rotatable bonds is 5. The maximum Gasteiger partial charge on any atom is 0.309 e. The molecule has 1 saturated heterocycles. The molecule has 0 N–H and O–H groups in total. The fourth-order valence-electron chi connectivity index (χ4n) is 5.26. The molecule has 1 amide bonds. The van der Waals surface area contributed by atoms with Crippen molar-refractivity contribution in [3.05, 3.63) is 52.3 Å². The van der Waals surface area contributed by atoms with E-state index < -0.39 is 5.41 Å². The molecule has 0 spiro atoms. The van der Waals surface area contributed by atoms with Crippen LogP contribution in [0.4, 0.5) is 0 Å². The highest BCUT2D eigenvalue weighted by atomic mass is 16.5. The summed E-state index contributed by atoms with van der Waals surface area (Å²) in [6.07, 6.45) is 4.58. The summed E-state index contributed by atoms with van der Waals surface area (Å²) in [6.45, 7) is 10.5. The molecule has 0 radical (unpaired) electrons. The summed E-state index contributed by atoms with van der Waals surface area (Å²) in [4.78, 5) is 39.8. The first kappa shape index (κ1) is 24.2. The molecule has 4 rings (SSSR count). The van der Waals surface area contributed by atoms with Crippen molar-refractivity contribution in [2.75, 3.05) is 19.7 Å². The van der Waals surface area contributed by atoms with Crippen molar-refractivity contribution in [3.8, 4) is 5.69 Å². The summed E-state index contributed by atoms with van der Waals surface area (Å²) < 4.78 is 7.54. The van der Waals surface area contributed by atoms with Crippen LogP contribution in [0.25, 0.3) is 5.69 Å². The van der Waals surface area contributed by atoms with Crippen molar-refractivity contribution < 1.29 is 19.1 Å². The third-order valence-electron chi connectivity index (χ3n) is 7.17. The average molecular weight is 465 g/mol. The first-order valence-corrected chi connectivity index (χ1v) is 12.4. The molecule has 0 bridgehead atoms. The number of aryl methyl sites for hydroxylation is 3. The van der Waals surface area contributed by atoms with Crippen molar-refractivity contribution in [2.24, 2.45) is 11.3 Å². The van der Waals surface area contributed by atoms with E-state index in [0.717, 1.165) is 29.9 Å². The zero-order valence-corrected chi connectivity index (χ0v) is 21.1. The second kappa shape index (κ2) is 9.40. The lowest BCUT2D eigenvalue weighted by Crippen LogP contribution is -2.45. The van der Waals surface area contributed by atoms with Crippen LogP contribution in [-0.4, -0.2) is 46.8 Å². The van der Waals surface area contributed by atoms with E-state index in [4.69, 9.17) is 4.74 Å². The Bertz CT molecular complexity index is 1110. The predicted molar refractivity (Wildman–Crippen MR) is 131 cm³/mol. The van der Waals surface area contributed by atoms with Crippen LogP contribution in [0.5, 0.6) is 0 Å². The fraction of sp³-hybridized carbons (Fsp3) is 0.536. The molecule has 0 unspecified atom stereocenters. The van der Waals surface area contributed by atoms with Crippen molar-refractivity contribution in [3.63, 3.8) is 0 Å². The van der Waals surface area contributed by atoms with E-state index in [9.17, 15) is 14.4 Å². The van der Waals surface area contributed by atoms with Gasteiger partial charge in [0.1, 0.15) is 0 Å². The molecule has 2 heterocycles. The van der Waals surface area contributed by atoms with E-state index >= 15 is 0 Å². The average Bonchev–Trinajstić information content (AvgIpc) is 3.39. The molecular formula is C28H36N2O4. The minimum absolute atomic E-state index is 0.105. The lowest BCUT2D eigenvalue weighted by Gasteiger charge is -2.34. The molecule has 0 atom stereocenters. The molecule has 182 valence electrons. The monoisotopic (exact) mass is 464 g/mol. The van der Waals surface area contributed by atoms with Gasteiger partial charge in [0.05, 0.1) is 5.92 Å². The van der Waals surface area contributed by atoms with E-state index in [1.807, 2.05) is 45.6 Å². The molecule has 1 aliphatic heterocycles. The van der Waals surface area contributed by atoms with Crippen molar-refractivity contribution in [1.82, 2.24) is 9.47 Å². The topological polar surface area (TPSA) is 68.6 Å². The molecule has 6 heteroatoms. The van der Waals surface area contributed by atoms with Gasteiger partial charge in [-0.05, 0) is 75.3 Å². The van der Waals surface area contributed by atoms with E-state index in [2.05, 4.69) is 22.8 Å². The second-order valence-electron chi connectivity index (χ2n) is 10.8. The van der Waals surface area contributed by atoms with Gasteiger partial charge in [0.15, 0.2) is 6.61 Å². The number of aromatic nitrogens is 1. The van der Waals surface area contributed by atoms with Crippen molar-refractivity contribution >= 4 is 17.7 Å². The zero-order valence-electron chi connectivity index (χ0n) is 21.1. The summed E-state index contributed by atoms with van der Waals surface area (Å²) >= 11 is 0. The minimum atomic E-state index is -0.425. The number of likely N-dealkylation sites (tertiary alicyclic amines) is 1. The number of piperidine rings is 1. The summed E-state index contributed by atoms with van der Waals surface area (Å²) in [6, 6.07) is 8.43. The van der Waals surface area contributed by atoms with E-state index in [1.54, 1.807) is 0 Å². The van der Waals surface area contributed by atoms with Crippen LogP contribution in [0, 0.1) is 25.2 Å². The van der Waals surface area contributed by atoms with E-state index in [-0.39, 0.29) is 30.2 Å². The highest BCUT2D eigenvalue weighted by molar-refractivity contribution is 5.99. The van der Waals surface area contributed by atoms with Crippen LogP contribution < -0.4 is 0 Å². The number of benzene rings is 1. The number of carbonyl (C=O) groups excluding carboxylic acids is 3. The quantitative estimate of drug-likeness (QED) is 0.479. The molecule has 2 aromatic rings. The van der Waals surface area contributed by atoms with Gasteiger partial charge in [-0.15, -0.1) is 0 Å². The van der Waals surface area contributed by atoms with E-state index in [0.29, 0.717) is 31.5 Å². The second-order valence-corrected chi connectivity index (χ2v) is 10.8. The lowest BCUT2D eigenvalue weighted by molar-refractivity contribution is -0.152. The number of hydrogen-bond donors (Lipinski definition) is 0. The number of ether oxygens (including phenoxy) is 1. The van der Waals surface area contributed by atoms with Gasteiger partial charge in [0, 0.05) is 41.1 Å². The molecular weight excluding hydrogens is 428 g/mol. The predicted octanol–water partition coefficient (Wildman–Crippen LogP) is 4.59. The van der Waals surface area contributed by atoms with Gasteiger partial charge >= 0.3 is 5.97 Å². The van der Waals surface area contributed by atoms with Crippen LogP contribution in [0.15, 0.2) is 24.3 Å². The lowest BCUT2D eigenvalue weighted by atomic mass is 9.91. The number of Topliss-reactive ketones (excluding diaryl/α,β-unsaturated/α-hetero) is 1. The van der Waals surface area contributed by atoms with Crippen LogP contribution in [-0.2, 0) is 27.2 Å². The molecule has 0 saturated carbocycles. The third kappa shape index (κ3) is 4.82. The van der Waals surface area contributed by atoms with Gasteiger partial charge in [-0.1, -0.05) is 26.8 Å². The zero-order chi connectivity index (χ0) is 24.6. The number of hydrogen-bond acceptors (Lipinski definition) is 4. The number of carbonyl (C=O) groups is 3. The maximum atomic E-state index is 12.9. The normalized spacial score (nSPS) is 16.4. The standard InChI is InChI=1S/C28H36N2O4/c1-18-15-24(19(2)30(18)23-10-9-20-7-6-8-22(20)16-23)25(31)17-34-26(32)21-11-13-29(14-12-21)27(33)28(3,4)5/h9-10,15-16,21H,6-8,11-14,17H2,1-5H3. The fourth-order valence-corrected chi connectivity index (χ4v) is 5.26. The maximum absolute atomic E-state index is 12.9. The van der Waals surface area contributed by atoms with Gasteiger partial charge < -0.3 is 14.2 Å². The van der Waals surface area contributed by atoms with Crippen molar-refractivity contribution in [2.45, 2.75) is 66.7 Å². The Morgan fingerprint density at radius 3 is 2.35 bits per heavy atom. The van der Waals surface area contributed by atoms with Crippen LogP contribution in [0.1, 0.15) is 72.9 Å². The Morgan fingerprint density at radius 1 is 1.00 bits per heavy atom. The molecule has 2 aliphatic rings. The Morgan fingerprint density at radius 2 is 1.68 bits per heavy atom. The number of amides is 1. The summed E-state index contributed by atoms with van der Waals surface area (Å²) in [5.74, 6) is -0.693. The molecule has 1 fully saturated rings. The number of nitrogens with zero attached hydrogens (tertiary/aromatic N) is 2. The summed E-state index contributed by atoms with van der Waals surface area (Å²) in [7, 11) is 0. The highest BCUT2D eigenvalue weighted by Gasteiger charge is 2.33. The Labute approximate surface area is 202 Å². The van der Waals surface area contributed by atoms with Gasteiger partial charge in [-0.3, -0.25) is 14.4 Å². The largest absolute Gasteiger partial charge is 0.457 e. The van der Waals surface area contributed by atoms with E-state index in [1.165, 1.54) is 17.5 Å². The van der Waals surface area contributed by atoms with Gasteiger partial charge in [-0.25, -0.2) is 0 Å². The smallest absolute Gasteiger partial charge is 0.309 e. The third-order valence-corrected chi connectivity index (χ3v) is 7.17. The van der Waals surface area contributed by atoms with Crippen LogP contribution >= 0.6 is 0 Å². The van der Waals surface area contributed by atoms with Gasteiger partial charge in [-0.2, -0.15) is 0 Å². The van der Waals surface area contributed by atoms with Gasteiger partial charge in [0.2, 0.25) is 11.7 Å². The molecule has 34 heavy (non-hydrogen) atoms. The van der Waals surface area contributed by atoms with Gasteiger partial charge in [0.25, 0.3) is 0 Å². The summed E-state index contributed by atoms with van der Waals surface area (Å²) in [5, 5.41) is 0. The Hall–Kier alpha value is -2.89. The minimum Gasteiger partial charge on any atom is -0.457 e. The molecule has 1 aromatic carbocycles. The molecule has 1 aromatic heterocycles. The molecule has 1 aliphatic carbocycles. The first-order valence-electron chi connectivity index (χ1n) is 12.4. The van der Waals surface area contributed by atoms with Crippen LogP contribution in [0.3, 0.4) is 0 Å².